The number of nitrogens with zero attached hydrogens (tertiary/aromatic N) is 5. The van der Waals surface area contributed by atoms with Crippen LogP contribution in [0.1, 0.15) is 41.6 Å². The summed E-state index contributed by atoms with van der Waals surface area (Å²) in [5.74, 6) is -0.00224. The lowest BCUT2D eigenvalue weighted by molar-refractivity contribution is 0.0512. The van der Waals surface area contributed by atoms with Crippen molar-refractivity contribution in [3.8, 4) is 0 Å². The first-order chi connectivity index (χ1) is 11.8. The Kier molecular flexibility index (Phi) is 5.18. The Morgan fingerprint density at radius 2 is 1.80 bits per heavy atom. The summed E-state index contributed by atoms with van der Waals surface area (Å²) in [5, 5.41) is 15.1. The van der Waals surface area contributed by atoms with Crippen LogP contribution in [-0.4, -0.2) is 94.0 Å². The van der Waals surface area contributed by atoms with Gasteiger partial charge in [0.05, 0.1) is 23.4 Å². The second-order valence-corrected chi connectivity index (χ2v) is 7.77. The van der Waals surface area contributed by atoms with E-state index in [0.717, 1.165) is 37.6 Å². The SMILES string of the molecule is Cc1nn(C(C)C)c(C)c1C(=O)N1CC(O)C(N2CCN(C)CC2)C1. The van der Waals surface area contributed by atoms with Gasteiger partial charge in [-0.25, -0.2) is 0 Å². The highest BCUT2D eigenvalue weighted by atomic mass is 16.3. The predicted molar refractivity (Wildman–Crippen MR) is 96.9 cm³/mol. The first-order valence-corrected chi connectivity index (χ1v) is 9.25. The number of aliphatic hydroxyl groups excluding tert-OH is 1. The molecule has 3 rings (SSSR count). The molecule has 2 aliphatic heterocycles. The van der Waals surface area contributed by atoms with Crippen LogP contribution in [0.4, 0.5) is 0 Å². The molecule has 0 radical (unpaired) electrons. The van der Waals surface area contributed by atoms with Crippen molar-refractivity contribution in [2.24, 2.45) is 0 Å². The Labute approximate surface area is 150 Å². The molecule has 0 bridgehead atoms. The van der Waals surface area contributed by atoms with Crippen LogP contribution in [0.5, 0.6) is 0 Å². The number of piperazine rings is 1. The number of rotatable bonds is 3. The molecule has 2 atom stereocenters. The van der Waals surface area contributed by atoms with Crippen molar-refractivity contribution in [1.82, 2.24) is 24.5 Å². The lowest BCUT2D eigenvalue weighted by Crippen LogP contribution is -2.52. The van der Waals surface area contributed by atoms with Gasteiger partial charge < -0.3 is 14.9 Å². The molecule has 0 aromatic carbocycles. The van der Waals surface area contributed by atoms with E-state index in [0.29, 0.717) is 18.7 Å². The van der Waals surface area contributed by atoms with Crippen LogP contribution in [0.2, 0.25) is 0 Å². The molecule has 3 heterocycles. The third kappa shape index (κ3) is 3.45. The monoisotopic (exact) mass is 349 g/mol. The summed E-state index contributed by atoms with van der Waals surface area (Å²) in [4.78, 5) is 19.5. The molecule has 1 amide bonds. The molecule has 140 valence electrons. The Bertz CT molecular complexity index is 634. The summed E-state index contributed by atoms with van der Waals surface area (Å²) in [7, 11) is 2.12. The quantitative estimate of drug-likeness (QED) is 0.862. The molecule has 1 aromatic rings. The number of hydrogen-bond donors (Lipinski definition) is 1. The van der Waals surface area contributed by atoms with Crippen molar-refractivity contribution in [1.29, 1.82) is 0 Å². The van der Waals surface area contributed by atoms with Crippen molar-refractivity contribution in [3.05, 3.63) is 17.0 Å². The number of likely N-dealkylation sites (tertiary alicyclic amines) is 1. The van der Waals surface area contributed by atoms with E-state index in [1.165, 1.54) is 0 Å². The summed E-state index contributed by atoms with van der Waals surface area (Å²) in [5.41, 5.74) is 2.38. The van der Waals surface area contributed by atoms with E-state index in [4.69, 9.17) is 0 Å². The van der Waals surface area contributed by atoms with E-state index >= 15 is 0 Å². The van der Waals surface area contributed by atoms with E-state index in [2.05, 4.69) is 35.8 Å². The van der Waals surface area contributed by atoms with Crippen LogP contribution in [-0.2, 0) is 0 Å². The lowest BCUT2D eigenvalue weighted by Gasteiger charge is -2.37. The summed E-state index contributed by atoms with van der Waals surface area (Å²) in [6.07, 6.45) is -0.479. The molecule has 7 nitrogen and oxygen atoms in total. The Morgan fingerprint density at radius 3 is 2.36 bits per heavy atom. The molecule has 2 unspecified atom stereocenters. The zero-order valence-electron chi connectivity index (χ0n) is 16.1. The highest BCUT2D eigenvalue weighted by Crippen LogP contribution is 2.24. The highest BCUT2D eigenvalue weighted by Gasteiger charge is 2.39. The molecule has 2 fully saturated rings. The second kappa shape index (κ2) is 7.05. The Morgan fingerprint density at radius 1 is 1.16 bits per heavy atom. The van der Waals surface area contributed by atoms with Gasteiger partial charge in [-0.3, -0.25) is 14.4 Å². The van der Waals surface area contributed by atoms with Crippen LogP contribution in [0.15, 0.2) is 0 Å². The molecular formula is C18H31N5O2. The van der Waals surface area contributed by atoms with Crippen molar-refractivity contribution in [2.75, 3.05) is 46.3 Å². The predicted octanol–water partition coefficient (Wildman–Crippen LogP) is 0.514. The minimum absolute atomic E-state index is 0.00224. The van der Waals surface area contributed by atoms with Gasteiger partial charge in [-0.2, -0.15) is 5.10 Å². The number of aryl methyl sites for hydroxylation is 1. The number of aromatic nitrogens is 2. The Balaban J connectivity index is 1.74. The van der Waals surface area contributed by atoms with Gasteiger partial charge in [-0.1, -0.05) is 0 Å². The van der Waals surface area contributed by atoms with Crippen molar-refractivity contribution in [2.45, 2.75) is 45.9 Å². The summed E-state index contributed by atoms with van der Waals surface area (Å²) < 4.78 is 1.91. The van der Waals surface area contributed by atoms with Crippen molar-refractivity contribution in [3.63, 3.8) is 0 Å². The lowest BCUT2D eigenvalue weighted by atomic mass is 10.1. The summed E-state index contributed by atoms with van der Waals surface area (Å²) >= 11 is 0. The maximum atomic E-state index is 13.1. The molecule has 0 aliphatic carbocycles. The number of carbonyl (C=O) groups is 1. The molecule has 2 saturated heterocycles. The first kappa shape index (κ1) is 18.4. The third-order valence-electron chi connectivity index (χ3n) is 5.58. The fraction of sp³-hybridized carbons (Fsp3) is 0.778. The van der Waals surface area contributed by atoms with Crippen LogP contribution in [0, 0.1) is 13.8 Å². The van der Waals surface area contributed by atoms with Gasteiger partial charge in [0.2, 0.25) is 0 Å². The smallest absolute Gasteiger partial charge is 0.257 e. The van der Waals surface area contributed by atoms with E-state index in [9.17, 15) is 9.90 Å². The average Bonchev–Trinajstić information content (AvgIpc) is 3.08. The fourth-order valence-electron chi connectivity index (χ4n) is 4.08. The minimum Gasteiger partial charge on any atom is -0.390 e. The van der Waals surface area contributed by atoms with Gasteiger partial charge >= 0.3 is 0 Å². The standard InChI is InChI=1S/C18H31N5O2/c1-12(2)23-14(4)17(13(3)19-23)18(25)22-10-15(16(24)11-22)21-8-6-20(5)7-9-21/h12,15-16,24H,6-11H2,1-5H3. The Hall–Kier alpha value is -1.44. The zero-order chi connectivity index (χ0) is 18.3. The molecule has 0 saturated carbocycles. The third-order valence-corrected chi connectivity index (χ3v) is 5.58. The maximum Gasteiger partial charge on any atom is 0.257 e. The van der Waals surface area contributed by atoms with Crippen molar-refractivity contribution >= 4 is 5.91 Å². The van der Waals surface area contributed by atoms with Gasteiger partial charge in [-0.15, -0.1) is 0 Å². The van der Waals surface area contributed by atoms with E-state index in [1.54, 1.807) is 4.90 Å². The molecule has 1 N–H and O–H groups in total. The van der Waals surface area contributed by atoms with Gasteiger partial charge in [0.15, 0.2) is 0 Å². The number of hydrogen-bond acceptors (Lipinski definition) is 5. The number of carbonyl (C=O) groups excluding carboxylic acids is 1. The highest BCUT2D eigenvalue weighted by molar-refractivity contribution is 5.96. The van der Waals surface area contributed by atoms with E-state index in [-0.39, 0.29) is 18.0 Å². The number of β-amino-alcohol motifs (C(OH)–C–C–N with tert-alkyl or cyclic N) is 1. The van der Waals surface area contributed by atoms with Crippen LogP contribution >= 0.6 is 0 Å². The maximum absolute atomic E-state index is 13.1. The van der Waals surface area contributed by atoms with Gasteiger partial charge in [0.25, 0.3) is 5.91 Å². The van der Waals surface area contributed by atoms with E-state index < -0.39 is 6.10 Å². The van der Waals surface area contributed by atoms with Crippen molar-refractivity contribution < 1.29 is 9.90 Å². The number of likely N-dealkylation sites (N-methyl/N-ethyl adjacent to an activating group) is 1. The summed E-state index contributed by atoms with van der Waals surface area (Å²) in [6.45, 7) is 12.9. The minimum atomic E-state index is -0.479. The van der Waals surface area contributed by atoms with Crippen LogP contribution in [0.25, 0.3) is 0 Å². The topological polar surface area (TPSA) is 64.8 Å². The zero-order valence-corrected chi connectivity index (χ0v) is 16.1. The summed E-state index contributed by atoms with van der Waals surface area (Å²) in [6, 6.07) is 0.265. The molecule has 7 heteroatoms. The van der Waals surface area contributed by atoms with Gasteiger partial charge in [0, 0.05) is 51.0 Å². The normalized spacial score (nSPS) is 26.0. The molecule has 2 aliphatic rings. The fourth-order valence-corrected chi connectivity index (χ4v) is 4.08. The molecule has 0 spiro atoms. The second-order valence-electron chi connectivity index (χ2n) is 7.77. The number of amides is 1. The molecule has 1 aromatic heterocycles. The number of aliphatic hydroxyl groups is 1. The first-order valence-electron chi connectivity index (χ1n) is 9.25. The van der Waals surface area contributed by atoms with Gasteiger partial charge in [-0.05, 0) is 34.7 Å². The van der Waals surface area contributed by atoms with Gasteiger partial charge in [0.1, 0.15) is 0 Å². The van der Waals surface area contributed by atoms with Crippen LogP contribution in [0.3, 0.4) is 0 Å². The average molecular weight is 349 g/mol. The molecule has 25 heavy (non-hydrogen) atoms. The largest absolute Gasteiger partial charge is 0.390 e. The van der Waals surface area contributed by atoms with Crippen LogP contribution < -0.4 is 0 Å². The van der Waals surface area contributed by atoms with E-state index in [1.807, 2.05) is 18.5 Å². The molecular weight excluding hydrogens is 318 g/mol.